The number of rotatable bonds is 7. The van der Waals surface area contributed by atoms with Gasteiger partial charge in [0.05, 0.1) is 0 Å². The molecule has 0 saturated carbocycles. The van der Waals surface area contributed by atoms with Crippen LogP contribution in [0, 0.1) is 6.92 Å². The number of amides is 2. The van der Waals surface area contributed by atoms with Crippen LogP contribution in [0.5, 0.6) is 0 Å². The highest BCUT2D eigenvalue weighted by atomic mass is 16.2. The summed E-state index contributed by atoms with van der Waals surface area (Å²) in [6, 6.07) is 10.7. The van der Waals surface area contributed by atoms with Gasteiger partial charge in [-0.25, -0.2) is 9.78 Å². The molecule has 23 heavy (non-hydrogen) atoms. The topological polar surface area (TPSA) is 91.0 Å². The lowest BCUT2D eigenvalue weighted by atomic mass is 10.3. The molecule has 2 amide bonds. The second-order valence-corrected chi connectivity index (χ2v) is 5.05. The summed E-state index contributed by atoms with van der Waals surface area (Å²) in [5.41, 5.74) is 1.49. The first-order valence-electron chi connectivity index (χ1n) is 7.54. The summed E-state index contributed by atoms with van der Waals surface area (Å²) in [7, 11) is 1.92. The van der Waals surface area contributed by atoms with Crippen LogP contribution in [0.2, 0.25) is 0 Å². The minimum atomic E-state index is -0.372. The van der Waals surface area contributed by atoms with Crippen molar-refractivity contribution in [3.05, 3.63) is 42.1 Å². The molecular weight excluding hydrogens is 292 g/mol. The van der Waals surface area contributed by atoms with Crippen molar-refractivity contribution in [1.82, 2.24) is 15.3 Å². The van der Waals surface area contributed by atoms with Gasteiger partial charge in [-0.1, -0.05) is 18.2 Å². The molecule has 1 aromatic heterocycles. The zero-order valence-corrected chi connectivity index (χ0v) is 13.4. The van der Waals surface area contributed by atoms with Gasteiger partial charge >= 0.3 is 6.03 Å². The Balaban J connectivity index is 1.93. The van der Waals surface area contributed by atoms with Crippen molar-refractivity contribution in [2.75, 3.05) is 36.1 Å². The number of aromatic nitrogens is 2. The van der Waals surface area contributed by atoms with E-state index in [-0.39, 0.29) is 12.0 Å². The van der Waals surface area contributed by atoms with Gasteiger partial charge in [0.15, 0.2) is 0 Å². The van der Waals surface area contributed by atoms with E-state index in [1.54, 1.807) is 0 Å². The van der Waals surface area contributed by atoms with Crippen LogP contribution >= 0.6 is 0 Å². The van der Waals surface area contributed by atoms with Crippen LogP contribution in [-0.4, -0.2) is 36.1 Å². The predicted octanol–water partition coefficient (Wildman–Crippen LogP) is 2.45. The lowest BCUT2D eigenvalue weighted by Crippen LogP contribution is -2.21. The summed E-state index contributed by atoms with van der Waals surface area (Å²) in [6.45, 7) is 3.59. The molecular formula is C16H22N6O. The van der Waals surface area contributed by atoms with Crippen LogP contribution in [0.1, 0.15) is 12.1 Å². The molecule has 2 rings (SSSR count). The number of nitrogens with zero attached hydrogens (tertiary/aromatic N) is 2. The highest BCUT2D eigenvalue weighted by molar-refractivity contribution is 5.98. The van der Waals surface area contributed by atoms with E-state index >= 15 is 0 Å². The quantitative estimate of drug-likeness (QED) is 0.589. The van der Waals surface area contributed by atoms with Crippen molar-refractivity contribution in [3.63, 3.8) is 0 Å². The summed E-state index contributed by atoms with van der Waals surface area (Å²) in [6.07, 6.45) is 0.983. The first-order chi connectivity index (χ1) is 11.2. The molecule has 7 heteroatoms. The van der Waals surface area contributed by atoms with Gasteiger partial charge in [0.25, 0.3) is 0 Å². The molecule has 122 valence electrons. The van der Waals surface area contributed by atoms with Gasteiger partial charge in [-0.05, 0) is 39.1 Å². The van der Waals surface area contributed by atoms with Gasteiger partial charge in [-0.3, -0.25) is 5.32 Å². The van der Waals surface area contributed by atoms with E-state index in [0.717, 1.165) is 25.2 Å². The minimum absolute atomic E-state index is 0.273. The Morgan fingerprint density at radius 3 is 2.61 bits per heavy atom. The maximum absolute atomic E-state index is 12.0. The molecule has 0 saturated heterocycles. The standard InChI is InChI=1S/C16H22N6O/c1-12-11-14(18-10-6-9-17-2)21-15(19-12)22-16(23)20-13-7-4-3-5-8-13/h3-5,7-8,11,17H,6,9-10H2,1-2H3,(H3,18,19,20,21,22,23). The molecule has 7 nitrogen and oxygen atoms in total. The Hall–Kier alpha value is -2.67. The van der Waals surface area contributed by atoms with Crippen LogP contribution in [0.3, 0.4) is 0 Å². The lowest BCUT2D eigenvalue weighted by Gasteiger charge is -2.10. The summed E-state index contributed by atoms with van der Waals surface area (Å²) in [4.78, 5) is 20.5. The van der Waals surface area contributed by atoms with Crippen molar-refractivity contribution < 1.29 is 4.79 Å². The summed E-state index contributed by atoms with van der Waals surface area (Å²) in [5.74, 6) is 0.971. The second kappa shape index (κ2) is 8.70. The third kappa shape index (κ3) is 5.91. The summed E-state index contributed by atoms with van der Waals surface area (Å²) < 4.78 is 0. The van der Waals surface area contributed by atoms with Gasteiger partial charge in [0.1, 0.15) is 5.82 Å². The number of urea groups is 1. The van der Waals surface area contributed by atoms with Crippen LogP contribution in [0.15, 0.2) is 36.4 Å². The molecule has 0 unspecified atom stereocenters. The average Bonchev–Trinajstić information content (AvgIpc) is 2.52. The highest BCUT2D eigenvalue weighted by Gasteiger charge is 2.07. The third-order valence-electron chi connectivity index (χ3n) is 3.02. The number of nitrogens with one attached hydrogen (secondary N) is 4. The fraction of sp³-hybridized carbons (Fsp3) is 0.312. The van der Waals surface area contributed by atoms with Gasteiger partial charge in [-0.2, -0.15) is 4.98 Å². The molecule has 0 atom stereocenters. The molecule has 0 fully saturated rings. The number of anilines is 3. The molecule has 0 aliphatic carbocycles. The SMILES string of the molecule is CNCCCNc1cc(C)nc(NC(=O)Nc2ccccc2)n1. The second-order valence-electron chi connectivity index (χ2n) is 5.05. The van der Waals surface area contributed by atoms with Crippen molar-refractivity contribution in [3.8, 4) is 0 Å². The van der Waals surface area contributed by atoms with E-state index in [1.807, 2.05) is 50.4 Å². The molecule has 1 heterocycles. The first-order valence-corrected chi connectivity index (χ1v) is 7.54. The van der Waals surface area contributed by atoms with E-state index in [1.165, 1.54) is 0 Å². The average molecular weight is 314 g/mol. The summed E-state index contributed by atoms with van der Waals surface area (Å²) >= 11 is 0. The Labute approximate surface area is 135 Å². The van der Waals surface area contributed by atoms with Crippen molar-refractivity contribution in [1.29, 1.82) is 0 Å². The third-order valence-corrected chi connectivity index (χ3v) is 3.02. The number of carbonyl (C=O) groups is 1. The summed E-state index contributed by atoms with van der Waals surface area (Å²) in [5, 5.41) is 11.7. The maximum Gasteiger partial charge on any atom is 0.326 e. The fourth-order valence-electron chi connectivity index (χ4n) is 1.98. The zero-order valence-electron chi connectivity index (χ0n) is 13.4. The van der Waals surface area contributed by atoms with E-state index in [4.69, 9.17) is 0 Å². The van der Waals surface area contributed by atoms with Gasteiger partial charge < -0.3 is 16.0 Å². The normalized spacial score (nSPS) is 10.2. The molecule has 0 bridgehead atoms. The van der Waals surface area contributed by atoms with Crippen LogP contribution in [-0.2, 0) is 0 Å². The lowest BCUT2D eigenvalue weighted by molar-refractivity contribution is 0.262. The molecule has 0 spiro atoms. The zero-order chi connectivity index (χ0) is 16.5. The molecule has 0 radical (unpaired) electrons. The maximum atomic E-state index is 12.0. The molecule has 2 aromatic rings. The van der Waals surface area contributed by atoms with Gasteiger partial charge in [-0.15, -0.1) is 0 Å². The Morgan fingerprint density at radius 2 is 1.87 bits per heavy atom. The molecule has 1 aromatic carbocycles. The van der Waals surface area contributed by atoms with E-state index in [0.29, 0.717) is 11.5 Å². The number of carbonyl (C=O) groups excluding carboxylic acids is 1. The molecule has 4 N–H and O–H groups in total. The fourth-order valence-corrected chi connectivity index (χ4v) is 1.98. The largest absolute Gasteiger partial charge is 0.370 e. The van der Waals surface area contributed by atoms with Crippen LogP contribution in [0.4, 0.5) is 22.2 Å². The number of hydrogen-bond donors (Lipinski definition) is 4. The smallest absolute Gasteiger partial charge is 0.326 e. The number of aryl methyl sites for hydroxylation is 1. The Morgan fingerprint density at radius 1 is 1.09 bits per heavy atom. The van der Waals surface area contributed by atoms with Crippen molar-refractivity contribution in [2.24, 2.45) is 0 Å². The van der Waals surface area contributed by atoms with Crippen LogP contribution < -0.4 is 21.3 Å². The monoisotopic (exact) mass is 314 g/mol. The number of hydrogen-bond acceptors (Lipinski definition) is 5. The van der Waals surface area contributed by atoms with Crippen LogP contribution in [0.25, 0.3) is 0 Å². The van der Waals surface area contributed by atoms with Gasteiger partial charge in [0.2, 0.25) is 5.95 Å². The Kier molecular flexibility index (Phi) is 6.31. The number of benzene rings is 1. The van der Waals surface area contributed by atoms with Gasteiger partial charge in [0, 0.05) is 24.0 Å². The van der Waals surface area contributed by atoms with Crippen molar-refractivity contribution in [2.45, 2.75) is 13.3 Å². The molecule has 0 aliphatic rings. The van der Waals surface area contributed by atoms with E-state index in [2.05, 4.69) is 31.2 Å². The predicted molar refractivity (Wildman–Crippen MR) is 92.9 cm³/mol. The first kappa shape index (κ1) is 16.7. The van der Waals surface area contributed by atoms with Crippen molar-refractivity contribution >= 4 is 23.5 Å². The number of para-hydroxylation sites is 1. The van der Waals surface area contributed by atoms with E-state index < -0.39 is 0 Å². The molecule has 0 aliphatic heterocycles. The Bertz CT molecular complexity index is 632. The van der Waals surface area contributed by atoms with E-state index in [9.17, 15) is 4.79 Å². The highest BCUT2D eigenvalue weighted by Crippen LogP contribution is 2.11. The minimum Gasteiger partial charge on any atom is -0.370 e.